The molecule has 0 amide bonds. The van der Waals surface area contributed by atoms with Gasteiger partial charge in [-0.3, -0.25) is 4.72 Å². The molecule has 2 aromatic heterocycles. The lowest BCUT2D eigenvalue weighted by Gasteiger charge is -2.13. The van der Waals surface area contributed by atoms with E-state index in [4.69, 9.17) is 4.74 Å². The number of halogens is 1. The van der Waals surface area contributed by atoms with Gasteiger partial charge in [0.05, 0.1) is 23.4 Å². The standard InChI is InChI=1S/C20H16BrN3O3S/c1-27-19-10-5-14(18-13-24-11-3-2-4-20(24)22-18)12-17(19)23-28(25,26)16-8-6-15(21)7-9-16/h2-13,23H,1H3. The van der Waals surface area contributed by atoms with Gasteiger partial charge >= 0.3 is 0 Å². The first kappa shape index (κ1) is 18.5. The summed E-state index contributed by atoms with van der Waals surface area (Å²) in [5.41, 5.74) is 2.67. The smallest absolute Gasteiger partial charge is 0.262 e. The third-order valence-corrected chi connectivity index (χ3v) is 6.14. The van der Waals surface area contributed by atoms with Crippen LogP contribution in [0.2, 0.25) is 0 Å². The number of sulfonamides is 1. The summed E-state index contributed by atoms with van der Waals surface area (Å²) in [6.07, 6.45) is 3.80. The van der Waals surface area contributed by atoms with Crippen LogP contribution < -0.4 is 9.46 Å². The van der Waals surface area contributed by atoms with Crippen LogP contribution in [0.15, 0.2) is 82.4 Å². The molecule has 1 N–H and O–H groups in total. The SMILES string of the molecule is COc1ccc(-c2cn3ccccc3n2)cc1NS(=O)(=O)c1ccc(Br)cc1. The number of pyridine rings is 1. The summed E-state index contributed by atoms with van der Waals surface area (Å²) in [6, 6.07) is 17.5. The van der Waals surface area contributed by atoms with Gasteiger partial charge in [-0.05, 0) is 54.6 Å². The fraction of sp³-hybridized carbons (Fsp3) is 0.0500. The van der Waals surface area contributed by atoms with E-state index < -0.39 is 10.0 Å². The predicted octanol–water partition coefficient (Wildman–Crippen LogP) is 4.57. The number of ether oxygens (including phenoxy) is 1. The number of methoxy groups -OCH3 is 1. The molecule has 0 saturated carbocycles. The Bertz CT molecular complexity index is 1220. The number of hydrogen-bond acceptors (Lipinski definition) is 4. The first-order valence-corrected chi connectivity index (χ1v) is 10.6. The summed E-state index contributed by atoms with van der Waals surface area (Å²) >= 11 is 3.31. The van der Waals surface area contributed by atoms with Crippen LogP contribution >= 0.6 is 15.9 Å². The predicted molar refractivity (Wildman–Crippen MR) is 112 cm³/mol. The van der Waals surface area contributed by atoms with E-state index in [1.807, 2.05) is 41.1 Å². The van der Waals surface area contributed by atoms with Crippen molar-refractivity contribution >= 4 is 37.3 Å². The average Bonchev–Trinajstić information content (AvgIpc) is 3.12. The van der Waals surface area contributed by atoms with Gasteiger partial charge in [0, 0.05) is 22.4 Å². The number of hydrogen-bond donors (Lipinski definition) is 1. The second kappa shape index (κ2) is 7.29. The maximum Gasteiger partial charge on any atom is 0.262 e. The molecule has 142 valence electrons. The second-order valence-corrected chi connectivity index (χ2v) is 8.66. The van der Waals surface area contributed by atoms with E-state index >= 15 is 0 Å². The van der Waals surface area contributed by atoms with E-state index in [-0.39, 0.29) is 4.90 Å². The summed E-state index contributed by atoms with van der Waals surface area (Å²) in [5.74, 6) is 0.424. The van der Waals surface area contributed by atoms with Gasteiger partial charge in [-0.2, -0.15) is 0 Å². The Morgan fingerprint density at radius 3 is 2.57 bits per heavy atom. The van der Waals surface area contributed by atoms with Crippen molar-refractivity contribution in [3.05, 3.63) is 77.5 Å². The lowest BCUT2D eigenvalue weighted by Crippen LogP contribution is -2.13. The highest BCUT2D eigenvalue weighted by Gasteiger charge is 2.17. The molecule has 6 nitrogen and oxygen atoms in total. The van der Waals surface area contributed by atoms with Crippen LogP contribution in [0.5, 0.6) is 5.75 Å². The molecule has 4 rings (SSSR count). The summed E-state index contributed by atoms with van der Waals surface area (Å²) in [6.45, 7) is 0. The van der Waals surface area contributed by atoms with Crippen molar-refractivity contribution in [2.24, 2.45) is 0 Å². The highest BCUT2D eigenvalue weighted by Crippen LogP contribution is 2.32. The third kappa shape index (κ3) is 3.61. The quantitative estimate of drug-likeness (QED) is 0.476. The Kier molecular flexibility index (Phi) is 4.82. The number of imidazole rings is 1. The molecule has 0 radical (unpaired) electrons. The molecule has 2 heterocycles. The number of fused-ring (bicyclic) bond motifs is 1. The molecular formula is C20H16BrN3O3S. The van der Waals surface area contributed by atoms with Crippen molar-refractivity contribution < 1.29 is 13.2 Å². The minimum absolute atomic E-state index is 0.163. The Morgan fingerprint density at radius 1 is 1.07 bits per heavy atom. The largest absolute Gasteiger partial charge is 0.495 e. The summed E-state index contributed by atoms with van der Waals surface area (Å²) in [5, 5.41) is 0. The molecule has 0 saturated heterocycles. The number of nitrogens with one attached hydrogen (secondary N) is 1. The van der Waals surface area contributed by atoms with Gasteiger partial charge in [-0.25, -0.2) is 13.4 Å². The topological polar surface area (TPSA) is 72.7 Å². The molecular weight excluding hydrogens is 442 g/mol. The molecule has 28 heavy (non-hydrogen) atoms. The Labute approximate surface area is 171 Å². The van der Waals surface area contributed by atoms with Gasteiger partial charge in [-0.15, -0.1) is 0 Å². The van der Waals surface area contributed by atoms with Crippen LogP contribution in [0.25, 0.3) is 16.9 Å². The third-order valence-electron chi connectivity index (χ3n) is 4.23. The van der Waals surface area contributed by atoms with Gasteiger partial charge in [-0.1, -0.05) is 22.0 Å². The van der Waals surface area contributed by atoms with Gasteiger partial charge in [0.25, 0.3) is 10.0 Å². The van der Waals surface area contributed by atoms with Crippen LogP contribution in [0, 0.1) is 0 Å². The molecule has 0 unspecified atom stereocenters. The van der Waals surface area contributed by atoms with E-state index in [1.165, 1.54) is 19.2 Å². The van der Waals surface area contributed by atoms with Crippen molar-refractivity contribution in [1.82, 2.24) is 9.38 Å². The normalized spacial score (nSPS) is 11.5. The van der Waals surface area contributed by atoms with Crippen molar-refractivity contribution in [3.8, 4) is 17.0 Å². The van der Waals surface area contributed by atoms with Crippen LogP contribution in [0.3, 0.4) is 0 Å². The van der Waals surface area contributed by atoms with Crippen LogP contribution in [0.4, 0.5) is 5.69 Å². The van der Waals surface area contributed by atoms with Gasteiger partial charge in [0.15, 0.2) is 0 Å². The first-order valence-electron chi connectivity index (χ1n) is 8.37. The lowest BCUT2D eigenvalue weighted by molar-refractivity contribution is 0.417. The molecule has 0 atom stereocenters. The average molecular weight is 458 g/mol. The first-order chi connectivity index (χ1) is 13.5. The second-order valence-electron chi connectivity index (χ2n) is 6.07. The summed E-state index contributed by atoms with van der Waals surface area (Å²) in [7, 11) is -2.27. The van der Waals surface area contributed by atoms with Crippen LogP contribution in [-0.2, 0) is 10.0 Å². The van der Waals surface area contributed by atoms with Gasteiger partial charge < -0.3 is 9.14 Å². The lowest BCUT2D eigenvalue weighted by atomic mass is 10.1. The van der Waals surface area contributed by atoms with Crippen molar-refractivity contribution in [3.63, 3.8) is 0 Å². The molecule has 2 aromatic carbocycles. The number of nitrogens with zero attached hydrogens (tertiary/aromatic N) is 2. The molecule has 4 aromatic rings. The zero-order valence-corrected chi connectivity index (χ0v) is 17.2. The van der Waals surface area contributed by atoms with Crippen LogP contribution in [-0.4, -0.2) is 24.9 Å². The molecule has 0 aliphatic carbocycles. The summed E-state index contributed by atoms with van der Waals surface area (Å²) < 4.78 is 36.2. The van der Waals surface area contributed by atoms with E-state index in [0.717, 1.165) is 21.4 Å². The summed E-state index contributed by atoms with van der Waals surface area (Å²) in [4.78, 5) is 4.75. The van der Waals surface area contributed by atoms with Gasteiger partial charge in [0.2, 0.25) is 0 Å². The maximum atomic E-state index is 12.8. The molecule has 0 bridgehead atoms. The number of anilines is 1. The van der Waals surface area contributed by atoms with Crippen molar-refractivity contribution in [2.45, 2.75) is 4.90 Å². The molecule has 0 fully saturated rings. The van der Waals surface area contributed by atoms with E-state index in [1.54, 1.807) is 24.3 Å². The van der Waals surface area contributed by atoms with E-state index in [2.05, 4.69) is 25.6 Å². The minimum Gasteiger partial charge on any atom is -0.495 e. The highest BCUT2D eigenvalue weighted by atomic mass is 79.9. The fourth-order valence-corrected chi connectivity index (χ4v) is 4.16. The van der Waals surface area contributed by atoms with Crippen molar-refractivity contribution in [2.75, 3.05) is 11.8 Å². The van der Waals surface area contributed by atoms with Crippen molar-refractivity contribution in [1.29, 1.82) is 0 Å². The Morgan fingerprint density at radius 2 is 1.86 bits per heavy atom. The number of rotatable bonds is 5. The zero-order chi connectivity index (χ0) is 19.7. The van der Waals surface area contributed by atoms with Gasteiger partial charge in [0.1, 0.15) is 11.4 Å². The Balaban J connectivity index is 1.73. The minimum atomic E-state index is -3.76. The molecule has 0 spiro atoms. The molecule has 8 heteroatoms. The molecule has 0 aliphatic heterocycles. The molecule has 0 aliphatic rings. The van der Waals surface area contributed by atoms with E-state index in [9.17, 15) is 8.42 Å². The Hall–Kier alpha value is -2.84. The monoisotopic (exact) mass is 457 g/mol. The fourth-order valence-electron chi connectivity index (χ4n) is 2.84. The van der Waals surface area contributed by atoms with E-state index in [0.29, 0.717) is 11.4 Å². The number of benzene rings is 2. The highest BCUT2D eigenvalue weighted by molar-refractivity contribution is 9.10. The van der Waals surface area contributed by atoms with Crippen LogP contribution in [0.1, 0.15) is 0 Å². The maximum absolute atomic E-state index is 12.8. The number of aromatic nitrogens is 2. The zero-order valence-electron chi connectivity index (χ0n) is 14.8.